The topological polar surface area (TPSA) is 66.5 Å². The molecule has 0 aliphatic heterocycles. The van der Waals surface area contributed by atoms with Gasteiger partial charge in [0.1, 0.15) is 11.5 Å². The molecule has 0 fully saturated rings. The Kier molecular flexibility index (Phi) is 4.02. The van der Waals surface area contributed by atoms with Gasteiger partial charge in [0.25, 0.3) is 0 Å². The van der Waals surface area contributed by atoms with Crippen molar-refractivity contribution in [3.8, 4) is 11.5 Å². The van der Waals surface area contributed by atoms with Gasteiger partial charge >= 0.3 is 0 Å². The van der Waals surface area contributed by atoms with E-state index in [9.17, 15) is 10.2 Å². The molecule has 3 heteroatoms. The third-order valence-electron chi connectivity index (χ3n) is 3.71. The molecular formula is C20H17NO2. The maximum Gasteiger partial charge on any atom is 0.139 e. The lowest BCUT2D eigenvalue weighted by molar-refractivity contribution is 0.478. The minimum Gasteiger partial charge on any atom is -0.507 e. The fraction of sp³-hybridized carbons (Fsp3) is 0. The summed E-state index contributed by atoms with van der Waals surface area (Å²) in [5.74, 6) is 0.497. The Morgan fingerprint density at radius 1 is 0.522 bits per heavy atom. The summed E-state index contributed by atoms with van der Waals surface area (Å²) in [5, 5.41) is 22.6. The highest BCUT2D eigenvalue weighted by molar-refractivity contribution is 5.95. The molecule has 0 aliphatic carbocycles. The van der Waals surface area contributed by atoms with Crippen molar-refractivity contribution in [1.29, 1.82) is 0 Å². The van der Waals surface area contributed by atoms with E-state index in [1.54, 1.807) is 12.1 Å². The largest absolute Gasteiger partial charge is 0.507 e. The first-order valence-corrected chi connectivity index (χ1v) is 7.30. The van der Waals surface area contributed by atoms with E-state index >= 15 is 0 Å². The van der Waals surface area contributed by atoms with Gasteiger partial charge in [-0.15, -0.1) is 0 Å². The quantitative estimate of drug-likeness (QED) is 0.326. The highest BCUT2D eigenvalue weighted by atomic mass is 16.3. The van der Waals surface area contributed by atoms with Crippen molar-refractivity contribution in [2.45, 2.75) is 0 Å². The van der Waals surface area contributed by atoms with E-state index in [-0.39, 0.29) is 5.75 Å². The second kappa shape index (κ2) is 6.28. The summed E-state index contributed by atoms with van der Waals surface area (Å²) >= 11 is 0. The van der Waals surface area contributed by atoms with Gasteiger partial charge in [0, 0.05) is 10.8 Å². The van der Waals surface area contributed by atoms with Crippen LogP contribution in [-0.4, -0.2) is 10.2 Å². The fourth-order valence-electron chi connectivity index (χ4n) is 2.49. The number of hydrogen-bond donors (Lipinski definition) is 3. The van der Waals surface area contributed by atoms with Crippen molar-refractivity contribution in [3.63, 3.8) is 0 Å². The van der Waals surface area contributed by atoms with Gasteiger partial charge in [0.2, 0.25) is 0 Å². The average Bonchev–Trinajstić information content (AvgIpc) is 2.60. The van der Waals surface area contributed by atoms with Crippen LogP contribution in [0.2, 0.25) is 0 Å². The van der Waals surface area contributed by atoms with Crippen molar-refractivity contribution < 1.29 is 10.2 Å². The van der Waals surface area contributed by atoms with Crippen LogP contribution in [0.25, 0.3) is 21.5 Å². The van der Waals surface area contributed by atoms with Crippen molar-refractivity contribution in [1.82, 2.24) is 0 Å². The molecule has 4 aromatic carbocycles. The average molecular weight is 303 g/mol. The lowest BCUT2D eigenvalue weighted by Gasteiger charge is -2.02. The number of aromatic hydroxyl groups is 2. The molecule has 0 bridgehead atoms. The molecule has 3 nitrogen and oxygen atoms in total. The number of rotatable bonds is 0. The third kappa shape index (κ3) is 3.04. The number of anilines is 1. The van der Waals surface area contributed by atoms with Crippen LogP contribution < -0.4 is 5.73 Å². The van der Waals surface area contributed by atoms with Crippen LogP contribution in [0.4, 0.5) is 5.69 Å². The Morgan fingerprint density at radius 2 is 1.09 bits per heavy atom. The zero-order valence-corrected chi connectivity index (χ0v) is 12.5. The first kappa shape index (κ1) is 14.7. The van der Waals surface area contributed by atoms with Crippen molar-refractivity contribution >= 4 is 27.2 Å². The van der Waals surface area contributed by atoms with E-state index in [0.717, 1.165) is 21.5 Å². The number of benzene rings is 4. The molecule has 0 saturated carbocycles. The Hall–Kier alpha value is -3.20. The van der Waals surface area contributed by atoms with E-state index in [1.807, 2.05) is 66.7 Å². The summed E-state index contributed by atoms with van der Waals surface area (Å²) < 4.78 is 0. The smallest absolute Gasteiger partial charge is 0.139 e. The van der Waals surface area contributed by atoms with Gasteiger partial charge in [0.15, 0.2) is 0 Å². The molecule has 4 N–H and O–H groups in total. The number of phenols is 2. The van der Waals surface area contributed by atoms with Gasteiger partial charge in [-0.3, -0.25) is 0 Å². The number of nitrogens with two attached hydrogens (primary N) is 1. The van der Waals surface area contributed by atoms with Crippen LogP contribution in [-0.2, 0) is 0 Å². The van der Waals surface area contributed by atoms with Crippen LogP contribution >= 0.6 is 0 Å². The summed E-state index contributed by atoms with van der Waals surface area (Å²) in [6.07, 6.45) is 0. The lowest BCUT2D eigenvalue weighted by atomic mass is 10.1. The lowest BCUT2D eigenvalue weighted by Crippen LogP contribution is -1.86. The molecule has 0 unspecified atom stereocenters. The van der Waals surface area contributed by atoms with Crippen molar-refractivity contribution in [2.24, 2.45) is 0 Å². The monoisotopic (exact) mass is 303 g/mol. The summed E-state index contributed by atoms with van der Waals surface area (Å²) in [7, 11) is 0. The second-order valence-electron chi connectivity index (χ2n) is 5.22. The molecule has 0 amide bonds. The molecule has 0 aromatic heterocycles. The Labute approximate surface area is 134 Å². The molecule has 4 rings (SSSR count). The predicted octanol–water partition coefficient (Wildman–Crippen LogP) is 4.67. The zero-order valence-electron chi connectivity index (χ0n) is 12.5. The number of phenolic OH excluding ortho intramolecular Hbond substituents is 2. The minimum atomic E-state index is 0.147. The Bertz CT molecular complexity index is 958. The molecule has 0 aliphatic rings. The van der Waals surface area contributed by atoms with Crippen LogP contribution in [0.5, 0.6) is 11.5 Å². The Morgan fingerprint density at radius 3 is 1.78 bits per heavy atom. The van der Waals surface area contributed by atoms with Crippen molar-refractivity contribution in [2.75, 3.05) is 5.73 Å². The van der Waals surface area contributed by atoms with E-state index in [1.165, 1.54) is 0 Å². The maximum absolute atomic E-state index is 9.37. The Balaban J connectivity index is 0.000000136. The molecular weight excluding hydrogens is 286 g/mol. The van der Waals surface area contributed by atoms with Crippen LogP contribution in [0.3, 0.4) is 0 Å². The van der Waals surface area contributed by atoms with E-state index in [4.69, 9.17) is 5.73 Å². The van der Waals surface area contributed by atoms with E-state index in [2.05, 4.69) is 0 Å². The van der Waals surface area contributed by atoms with Gasteiger partial charge in [-0.2, -0.15) is 0 Å². The van der Waals surface area contributed by atoms with Crippen LogP contribution in [0.15, 0.2) is 78.9 Å². The van der Waals surface area contributed by atoms with Crippen molar-refractivity contribution in [3.05, 3.63) is 78.9 Å². The number of nitrogen functional groups attached to an aromatic ring is 1. The summed E-state index contributed by atoms with van der Waals surface area (Å²) in [6.45, 7) is 0. The van der Waals surface area contributed by atoms with Gasteiger partial charge in [-0.1, -0.05) is 66.7 Å². The molecule has 0 saturated heterocycles. The second-order valence-corrected chi connectivity index (χ2v) is 5.22. The van der Waals surface area contributed by atoms with E-state index in [0.29, 0.717) is 11.4 Å². The molecule has 0 radical (unpaired) electrons. The summed E-state index contributed by atoms with van der Waals surface area (Å²) in [4.78, 5) is 0. The first-order chi connectivity index (χ1) is 11.2. The van der Waals surface area contributed by atoms with E-state index < -0.39 is 0 Å². The minimum absolute atomic E-state index is 0.147. The van der Waals surface area contributed by atoms with Crippen LogP contribution in [0.1, 0.15) is 0 Å². The summed E-state index contributed by atoms with van der Waals surface area (Å²) in [5.41, 5.74) is 6.12. The standard InChI is InChI=1S/C10H9NO.C10H8O/c11-10-8-4-2-1-3-7(8)5-6-9(10)12;11-10-7-3-5-8-4-1-2-6-9(8)10/h1-6,12H,11H2;1-7,11H. The highest BCUT2D eigenvalue weighted by Gasteiger charge is 2.00. The maximum atomic E-state index is 9.37. The normalized spacial score (nSPS) is 10.3. The molecule has 114 valence electrons. The van der Waals surface area contributed by atoms with Gasteiger partial charge in [0.05, 0.1) is 5.69 Å². The SMILES string of the molecule is Nc1c(O)ccc2ccccc12.Oc1cccc2ccccc12. The molecule has 0 heterocycles. The number of hydrogen-bond acceptors (Lipinski definition) is 3. The predicted molar refractivity (Wildman–Crippen MR) is 95.6 cm³/mol. The number of fused-ring (bicyclic) bond motifs is 2. The molecule has 23 heavy (non-hydrogen) atoms. The molecule has 4 aromatic rings. The highest BCUT2D eigenvalue weighted by Crippen LogP contribution is 2.28. The zero-order chi connectivity index (χ0) is 16.2. The molecule has 0 spiro atoms. The first-order valence-electron chi connectivity index (χ1n) is 7.30. The van der Waals surface area contributed by atoms with Crippen LogP contribution in [0, 0.1) is 0 Å². The summed E-state index contributed by atoms with van der Waals surface area (Å²) in [6, 6.07) is 24.4. The third-order valence-corrected chi connectivity index (χ3v) is 3.71. The molecule has 0 atom stereocenters. The fourth-order valence-corrected chi connectivity index (χ4v) is 2.49. The van der Waals surface area contributed by atoms with Gasteiger partial charge < -0.3 is 15.9 Å². The van der Waals surface area contributed by atoms with Gasteiger partial charge in [-0.25, -0.2) is 0 Å². The van der Waals surface area contributed by atoms with Gasteiger partial charge in [-0.05, 0) is 22.9 Å².